The van der Waals surface area contributed by atoms with Crippen LogP contribution in [0.3, 0.4) is 0 Å². The van der Waals surface area contributed by atoms with E-state index in [9.17, 15) is 28.0 Å². The van der Waals surface area contributed by atoms with Gasteiger partial charge in [0, 0.05) is 36.6 Å². The number of rotatable bonds is 11. The van der Waals surface area contributed by atoms with Gasteiger partial charge in [0.25, 0.3) is 0 Å². The van der Waals surface area contributed by atoms with Crippen molar-refractivity contribution in [2.75, 3.05) is 7.11 Å². The minimum atomic E-state index is -1.02. The smallest absolute Gasteiger partial charge is 0.338 e. The predicted molar refractivity (Wildman–Crippen MR) is 131 cm³/mol. The molecule has 38 heavy (non-hydrogen) atoms. The molecule has 2 aromatic rings. The van der Waals surface area contributed by atoms with Gasteiger partial charge < -0.3 is 19.7 Å². The zero-order valence-electron chi connectivity index (χ0n) is 21.1. The number of carbonyl (C=O) groups is 4. The maximum absolute atomic E-state index is 14.2. The number of esters is 2. The molecule has 1 saturated carbocycles. The third kappa shape index (κ3) is 6.73. The molecule has 1 N–H and O–H groups in total. The molecule has 0 radical (unpaired) electrons. The van der Waals surface area contributed by atoms with E-state index in [0.717, 1.165) is 18.9 Å². The summed E-state index contributed by atoms with van der Waals surface area (Å²) in [5.74, 6) is -3.57. The highest BCUT2D eigenvalue weighted by Gasteiger charge is 2.35. The number of methoxy groups -OCH3 is 1. The van der Waals surface area contributed by atoms with Crippen LogP contribution >= 0.6 is 0 Å². The molecule has 1 saturated heterocycles. The van der Waals surface area contributed by atoms with Crippen molar-refractivity contribution in [2.45, 2.75) is 63.8 Å². The normalized spacial score (nSPS) is 17.7. The highest BCUT2D eigenvalue weighted by Crippen LogP contribution is 2.34. The van der Waals surface area contributed by atoms with Crippen LogP contribution < -0.4 is 5.32 Å². The quantitative estimate of drug-likeness (QED) is 0.447. The summed E-state index contributed by atoms with van der Waals surface area (Å²) in [7, 11) is 1.26. The summed E-state index contributed by atoms with van der Waals surface area (Å²) in [5.41, 5.74) is 0.799. The zero-order chi connectivity index (χ0) is 27.2. The first-order chi connectivity index (χ1) is 18.3. The van der Waals surface area contributed by atoms with Gasteiger partial charge in [0.2, 0.25) is 11.8 Å². The van der Waals surface area contributed by atoms with E-state index in [-0.39, 0.29) is 43.0 Å². The van der Waals surface area contributed by atoms with Crippen molar-refractivity contribution in [3.05, 3.63) is 70.8 Å². The lowest BCUT2D eigenvalue weighted by molar-refractivity contribution is -0.149. The summed E-state index contributed by atoms with van der Waals surface area (Å²) >= 11 is 0. The first kappa shape index (κ1) is 27.2. The molecule has 10 heteroatoms. The zero-order valence-corrected chi connectivity index (χ0v) is 21.1. The van der Waals surface area contributed by atoms with E-state index in [2.05, 4.69) is 5.32 Å². The van der Waals surface area contributed by atoms with Crippen LogP contribution in [0.2, 0.25) is 0 Å². The number of ether oxygens (including phenoxy) is 2. The van der Waals surface area contributed by atoms with Gasteiger partial charge in [-0.3, -0.25) is 9.59 Å². The SMILES string of the molecule is COC(=O)c1ccccc1COC(=O)[C@H](CC1CC1)NC(=O)C[C@@H]1CCC(=O)N1Cc1cccc(F)c1F. The molecule has 0 spiro atoms. The molecule has 8 nitrogen and oxygen atoms in total. The van der Waals surface area contributed by atoms with Gasteiger partial charge >= 0.3 is 11.9 Å². The van der Waals surface area contributed by atoms with Gasteiger partial charge in [-0.15, -0.1) is 0 Å². The minimum Gasteiger partial charge on any atom is -0.465 e. The van der Waals surface area contributed by atoms with Gasteiger partial charge in [-0.05, 0) is 30.9 Å². The van der Waals surface area contributed by atoms with E-state index in [1.165, 1.54) is 24.1 Å². The Bertz CT molecular complexity index is 1220. The van der Waals surface area contributed by atoms with Crippen molar-refractivity contribution in [1.82, 2.24) is 10.2 Å². The summed E-state index contributed by atoms with van der Waals surface area (Å²) in [4.78, 5) is 51.7. The van der Waals surface area contributed by atoms with E-state index >= 15 is 0 Å². The number of halogens is 2. The molecule has 2 atom stereocenters. The lowest BCUT2D eigenvalue weighted by Crippen LogP contribution is -2.44. The van der Waals surface area contributed by atoms with Crippen LogP contribution in [0.4, 0.5) is 8.78 Å². The Morgan fingerprint density at radius 3 is 2.53 bits per heavy atom. The fourth-order valence-corrected chi connectivity index (χ4v) is 4.65. The second-order valence-electron chi connectivity index (χ2n) is 9.69. The second kappa shape index (κ2) is 12.1. The maximum Gasteiger partial charge on any atom is 0.338 e. The van der Waals surface area contributed by atoms with Gasteiger partial charge in [-0.25, -0.2) is 18.4 Å². The molecule has 2 aromatic carbocycles. The number of likely N-dealkylation sites (tertiary alicyclic amines) is 1. The number of hydrogen-bond acceptors (Lipinski definition) is 6. The molecule has 202 valence electrons. The standard InChI is InChI=1S/C28H30F2N2O6/c1-37-27(35)21-7-3-2-5-19(21)16-38-28(36)23(13-17-9-10-17)31-24(33)14-20-11-12-25(34)32(20)15-18-6-4-8-22(29)26(18)30/h2-8,17,20,23H,9-16H2,1H3,(H,31,33)/t20-,23-/m0/s1. The minimum absolute atomic E-state index is 0.0353. The number of benzene rings is 2. The van der Waals surface area contributed by atoms with Crippen molar-refractivity contribution in [1.29, 1.82) is 0 Å². The van der Waals surface area contributed by atoms with Crippen molar-refractivity contribution >= 4 is 23.8 Å². The van der Waals surface area contributed by atoms with Crippen LogP contribution in [0.25, 0.3) is 0 Å². The molecule has 1 aliphatic heterocycles. The summed E-state index contributed by atoms with van der Waals surface area (Å²) in [5, 5.41) is 2.74. The molecular weight excluding hydrogens is 498 g/mol. The Morgan fingerprint density at radius 1 is 1.05 bits per heavy atom. The number of carbonyl (C=O) groups excluding carboxylic acids is 4. The van der Waals surface area contributed by atoms with Gasteiger partial charge in [0.05, 0.1) is 12.7 Å². The molecule has 0 unspecified atom stereocenters. The Kier molecular flexibility index (Phi) is 8.70. The predicted octanol–water partition coefficient (Wildman–Crippen LogP) is 3.66. The number of nitrogens with zero attached hydrogens (tertiary/aromatic N) is 1. The first-order valence-corrected chi connectivity index (χ1v) is 12.6. The monoisotopic (exact) mass is 528 g/mol. The molecule has 0 aromatic heterocycles. The summed E-state index contributed by atoms with van der Waals surface area (Å²) in [6, 6.07) is 9.00. The molecular formula is C28H30F2N2O6. The number of hydrogen-bond donors (Lipinski definition) is 1. The van der Waals surface area contributed by atoms with Crippen molar-refractivity contribution < 1.29 is 37.4 Å². The molecule has 2 aliphatic rings. The Balaban J connectivity index is 1.38. The first-order valence-electron chi connectivity index (χ1n) is 12.6. The van der Waals surface area contributed by atoms with Gasteiger partial charge in [-0.2, -0.15) is 0 Å². The average Bonchev–Trinajstić information content (AvgIpc) is 3.67. The van der Waals surface area contributed by atoms with Crippen LogP contribution in [0, 0.1) is 17.6 Å². The molecule has 2 amide bonds. The fraction of sp³-hybridized carbons (Fsp3) is 0.429. The highest BCUT2D eigenvalue weighted by molar-refractivity contribution is 5.91. The molecule has 4 rings (SSSR count). The van der Waals surface area contributed by atoms with E-state index in [0.29, 0.717) is 24.3 Å². The Hall–Kier alpha value is -3.82. The molecule has 2 fully saturated rings. The van der Waals surface area contributed by atoms with Crippen LogP contribution in [0.5, 0.6) is 0 Å². The Labute approximate surface area is 219 Å². The third-order valence-corrected chi connectivity index (χ3v) is 6.92. The Morgan fingerprint density at radius 2 is 1.79 bits per heavy atom. The van der Waals surface area contributed by atoms with E-state index in [1.807, 2.05) is 0 Å². The lowest BCUT2D eigenvalue weighted by atomic mass is 10.1. The highest BCUT2D eigenvalue weighted by atomic mass is 19.2. The van der Waals surface area contributed by atoms with Crippen LogP contribution in [-0.4, -0.2) is 47.8 Å². The van der Waals surface area contributed by atoms with Crippen molar-refractivity contribution in [3.63, 3.8) is 0 Å². The third-order valence-electron chi connectivity index (χ3n) is 6.92. The summed E-state index contributed by atoms with van der Waals surface area (Å²) < 4.78 is 38.0. The second-order valence-corrected chi connectivity index (χ2v) is 9.69. The largest absolute Gasteiger partial charge is 0.465 e. The number of amides is 2. The van der Waals surface area contributed by atoms with Crippen molar-refractivity contribution in [2.24, 2.45) is 5.92 Å². The van der Waals surface area contributed by atoms with Gasteiger partial charge in [0.15, 0.2) is 11.6 Å². The maximum atomic E-state index is 14.2. The van der Waals surface area contributed by atoms with Crippen molar-refractivity contribution in [3.8, 4) is 0 Å². The van der Waals surface area contributed by atoms with E-state index in [4.69, 9.17) is 9.47 Å². The van der Waals surface area contributed by atoms with Crippen LogP contribution in [-0.2, 0) is 37.0 Å². The van der Waals surface area contributed by atoms with E-state index in [1.54, 1.807) is 24.3 Å². The molecule has 1 aliphatic carbocycles. The fourth-order valence-electron chi connectivity index (χ4n) is 4.65. The van der Waals surface area contributed by atoms with Gasteiger partial charge in [0.1, 0.15) is 12.6 Å². The number of nitrogens with one attached hydrogen (secondary N) is 1. The van der Waals surface area contributed by atoms with Gasteiger partial charge in [-0.1, -0.05) is 43.2 Å². The summed E-state index contributed by atoms with van der Waals surface area (Å²) in [6.07, 6.45) is 2.84. The lowest BCUT2D eigenvalue weighted by Gasteiger charge is -2.26. The van der Waals surface area contributed by atoms with E-state index < -0.39 is 41.6 Å². The average molecular weight is 529 g/mol. The topological polar surface area (TPSA) is 102 Å². The summed E-state index contributed by atoms with van der Waals surface area (Å²) in [6.45, 7) is -0.307. The van der Waals surface area contributed by atoms with Crippen LogP contribution in [0.15, 0.2) is 42.5 Å². The molecule has 0 bridgehead atoms. The van der Waals surface area contributed by atoms with Crippen LogP contribution in [0.1, 0.15) is 60.0 Å². The molecule has 1 heterocycles.